The van der Waals surface area contributed by atoms with Gasteiger partial charge in [-0.3, -0.25) is 9.36 Å². The quantitative estimate of drug-likeness (QED) is 0.870. The number of nitrogens with zero attached hydrogens (tertiary/aromatic N) is 2. The van der Waals surface area contributed by atoms with Crippen molar-refractivity contribution in [1.82, 2.24) is 14.9 Å². The van der Waals surface area contributed by atoms with Gasteiger partial charge in [0.1, 0.15) is 18.1 Å². The second-order valence-corrected chi connectivity index (χ2v) is 6.45. The van der Waals surface area contributed by atoms with Crippen LogP contribution in [0, 0.1) is 19.8 Å². The van der Waals surface area contributed by atoms with Gasteiger partial charge in [0.05, 0.1) is 13.0 Å². The summed E-state index contributed by atoms with van der Waals surface area (Å²) in [5.74, 6) is 1.20. The van der Waals surface area contributed by atoms with E-state index in [1.54, 1.807) is 18.6 Å². The van der Waals surface area contributed by atoms with Crippen molar-refractivity contribution in [3.63, 3.8) is 0 Å². The molecule has 26 heavy (non-hydrogen) atoms. The zero-order valence-electron chi connectivity index (χ0n) is 15.2. The molecular weight excluding hydrogens is 334 g/mol. The van der Waals surface area contributed by atoms with E-state index in [-0.39, 0.29) is 17.5 Å². The van der Waals surface area contributed by atoms with Crippen molar-refractivity contribution in [3.8, 4) is 11.5 Å². The van der Waals surface area contributed by atoms with Crippen LogP contribution in [0.15, 0.2) is 29.1 Å². The molecule has 0 saturated heterocycles. The number of methoxy groups -OCH3 is 1. The van der Waals surface area contributed by atoms with Crippen LogP contribution in [0.25, 0.3) is 0 Å². The Morgan fingerprint density at radius 3 is 2.92 bits per heavy atom. The first-order chi connectivity index (χ1) is 12.5. The summed E-state index contributed by atoms with van der Waals surface area (Å²) in [4.78, 5) is 28.3. The predicted octanol–water partition coefficient (Wildman–Crippen LogP) is 1.24. The molecule has 1 amide bonds. The van der Waals surface area contributed by atoms with Crippen molar-refractivity contribution in [2.75, 3.05) is 20.3 Å². The van der Waals surface area contributed by atoms with Gasteiger partial charge in [0, 0.05) is 24.5 Å². The minimum absolute atomic E-state index is 0.0794. The maximum atomic E-state index is 12.5. The Morgan fingerprint density at radius 2 is 2.19 bits per heavy atom. The van der Waals surface area contributed by atoms with Crippen LogP contribution in [0.1, 0.15) is 17.0 Å². The molecule has 3 rings (SSSR count). The number of carbonyl (C=O) groups excluding carboxylic acids is 1. The summed E-state index contributed by atoms with van der Waals surface area (Å²) in [5.41, 5.74) is 2.20. The standard InChI is InChI=1S/C19H23N3O4/c1-12-8-13(2)22(19(24)21-12)7-6-20-18(23)15-9-14-10-16(25-3)4-5-17(14)26-11-15/h4-5,8,10,15H,6-7,9,11H2,1-3H3,(H,20,23). The summed E-state index contributed by atoms with van der Waals surface area (Å²) < 4.78 is 12.5. The Bertz CT molecular complexity index is 876. The van der Waals surface area contributed by atoms with Gasteiger partial charge in [-0.25, -0.2) is 4.79 Å². The number of amides is 1. The van der Waals surface area contributed by atoms with Crippen LogP contribution < -0.4 is 20.5 Å². The Labute approximate surface area is 152 Å². The minimum Gasteiger partial charge on any atom is -0.497 e. The van der Waals surface area contributed by atoms with Gasteiger partial charge in [0.25, 0.3) is 0 Å². The lowest BCUT2D eigenvalue weighted by atomic mass is 9.96. The summed E-state index contributed by atoms with van der Waals surface area (Å²) in [7, 11) is 1.61. The zero-order chi connectivity index (χ0) is 18.7. The Morgan fingerprint density at radius 1 is 1.38 bits per heavy atom. The highest BCUT2D eigenvalue weighted by Crippen LogP contribution is 2.30. The average molecular weight is 357 g/mol. The fraction of sp³-hybridized carbons (Fsp3) is 0.421. The molecule has 0 spiro atoms. The van der Waals surface area contributed by atoms with Gasteiger partial charge in [-0.1, -0.05) is 0 Å². The SMILES string of the molecule is COc1ccc2c(c1)CC(C(=O)NCCn1c(C)cc(C)nc1=O)CO2. The van der Waals surface area contributed by atoms with E-state index in [1.165, 1.54) is 0 Å². The van der Waals surface area contributed by atoms with E-state index in [0.29, 0.717) is 31.8 Å². The number of carbonyl (C=O) groups is 1. The molecule has 138 valence electrons. The lowest BCUT2D eigenvalue weighted by Crippen LogP contribution is -2.40. The number of aromatic nitrogens is 2. The number of ether oxygens (including phenoxy) is 2. The highest BCUT2D eigenvalue weighted by atomic mass is 16.5. The molecule has 0 aliphatic carbocycles. The third-order valence-electron chi connectivity index (χ3n) is 4.53. The molecule has 1 aliphatic heterocycles. The predicted molar refractivity (Wildman–Crippen MR) is 96.7 cm³/mol. The molecule has 0 radical (unpaired) electrons. The van der Waals surface area contributed by atoms with E-state index in [9.17, 15) is 9.59 Å². The van der Waals surface area contributed by atoms with E-state index < -0.39 is 0 Å². The molecule has 1 aliphatic rings. The number of aryl methyl sites for hydroxylation is 2. The number of hydrogen-bond donors (Lipinski definition) is 1. The first-order valence-electron chi connectivity index (χ1n) is 8.60. The van der Waals surface area contributed by atoms with Crippen molar-refractivity contribution in [1.29, 1.82) is 0 Å². The number of hydrogen-bond acceptors (Lipinski definition) is 5. The van der Waals surface area contributed by atoms with Gasteiger partial charge in [-0.15, -0.1) is 0 Å². The smallest absolute Gasteiger partial charge is 0.348 e. The van der Waals surface area contributed by atoms with Crippen LogP contribution in [-0.4, -0.2) is 35.7 Å². The molecule has 2 heterocycles. The van der Waals surface area contributed by atoms with E-state index in [0.717, 1.165) is 22.8 Å². The maximum Gasteiger partial charge on any atom is 0.348 e. The van der Waals surface area contributed by atoms with Gasteiger partial charge in [0.2, 0.25) is 5.91 Å². The highest BCUT2D eigenvalue weighted by molar-refractivity contribution is 5.79. The van der Waals surface area contributed by atoms with Crippen molar-refractivity contribution < 1.29 is 14.3 Å². The first kappa shape index (κ1) is 18.0. The van der Waals surface area contributed by atoms with Gasteiger partial charge < -0.3 is 14.8 Å². The van der Waals surface area contributed by atoms with Crippen LogP contribution in [0.3, 0.4) is 0 Å². The van der Waals surface area contributed by atoms with E-state index in [1.807, 2.05) is 31.2 Å². The molecule has 0 bridgehead atoms. The van der Waals surface area contributed by atoms with Crippen LogP contribution in [0.4, 0.5) is 0 Å². The van der Waals surface area contributed by atoms with Gasteiger partial charge in [0.15, 0.2) is 0 Å². The normalized spacial score (nSPS) is 15.7. The molecule has 2 aromatic rings. The number of rotatable bonds is 5. The fourth-order valence-corrected chi connectivity index (χ4v) is 3.15. The van der Waals surface area contributed by atoms with Gasteiger partial charge >= 0.3 is 5.69 Å². The molecule has 1 atom stereocenters. The Hall–Kier alpha value is -2.83. The Balaban J connectivity index is 1.58. The van der Waals surface area contributed by atoms with Gasteiger partial charge in [-0.05, 0) is 50.1 Å². The third kappa shape index (κ3) is 3.87. The van der Waals surface area contributed by atoms with Gasteiger partial charge in [-0.2, -0.15) is 4.98 Å². The first-order valence-corrected chi connectivity index (χ1v) is 8.60. The summed E-state index contributed by atoms with van der Waals surface area (Å²) in [5, 5.41) is 2.89. The fourth-order valence-electron chi connectivity index (χ4n) is 3.15. The Kier molecular flexibility index (Phi) is 5.25. The number of benzene rings is 1. The van der Waals surface area contributed by atoms with E-state index in [4.69, 9.17) is 9.47 Å². The molecular formula is C19H23N3O4. The average Bonchev–Trinajstić information content (AvgIpc) is 2.62. The van der Waals surface area contributed by atoms with E-state index >= 15 is 0 Å². The maximum absolute atomic E-state index is 12.5. The zero-order valence-corrected chi connectivity index (χ0v) is 15.2. The second-order valence-electron chi connectivity index (χ2n) is 6.45. The molecule has 1 N–H and O–H groups in total. The van der Waals surface area contributed by atoms with Crippen molar-refractivity contribution in [3.05, 3.63) is 51.7 Å². The van der Waals surface area contributed by atoms with E-state index in [2.05, 4.69) is 10.3 Å². The second kappa shape index (κ2) is 7.59. The minimum atomic E-state index is -0.293. The lowest BCUT2D eigenvalue weighted by molar-refractivity contribution is -0.126. The molecule has 0 fully saturated rings. The van der Waals surface area contributed by atoms with Crippen molar-refractivity contribution in [2.24, 2.45) is 5.92 Å². The van der Waals surface area contributed by atoms with Crippen LogP contribution in [-0.2, 0) is 17.8 Å². The summed E-state index contributed by atoms with van der Waals surface area (Å²) in [6.45, 7) is 4.75. The van der Waals surface area contributed by atoms with Crippen molar-refractivity contribution in [2.45, 2.75) is 26.8 Å². The van der Waals surface area contributed by atoms with Crippen LogP contribution in [0.5, 0.6) is 11.5 Å². The monoisotopic (exact) mass is 357 g/mol. The van der Waals surface area contributed by atoms with Crippen LogP contribution >= 0.6 is 0 Å². The van der Waals surface area contributed by atoms with Crippen LogP contribution in [0.2, 0.25) is 0 Å². The third-order valence-corrected chi connectivity index (χ3v) is 4.53. The molecule has 7 nitrogen and oxygen atoms in total. The number of fused-ring (bicyclic) bond motifs is 1. The summed E-state index contributed by atoms with van der Waals surface area (Å²) >= 11 is 0. The molecule has 1 aromatic heterocycles. The molecule has 7 heteroatoms. The molecule has 1 unspecified atom stereocenters. The number of nitrogens with one attached hydrogen (secondary N) is 1. The largest absolute Gasteiger partial charge is 0.497 e. The summed E-state index contributed by atoms with van der Waals surface area (Å²) in [6, 6.07) is 7.45. The highest BCUT2D eigenvalue weighted by Gasteiger charge is 2.26. The summed E-state index contributed by atoms with van der Waals surface area (Å²) in [6.07, 6.45) is 0.601. The molecule has 1 aromatic carbocycles. The lowest BCUT2D eigenvalue weighted by Gasteiger charge is -2.25. The topological polar surface area (TPSA) is 82.5 Å². The molecule has 0 saturated carbocycles. The van der Waals surface area contributed by atoms with Crippen molar-refractivity contribution >= 4 is 5.91 Å².